The Balaban J connectivity index is 0.000000208. The standard InChI is InChI=1S/C11H12N2O2S.C7H15N3S/c12-11-13-9(6-16-11)5-7-2-1-3-8(4-7)10(14)15;8-4-2-1-3-6-5-11-7(9)10-6/h1-4,9H,5-6H2,(H2,12,13)(H,14,15);6H,1-5,8H2,(H2,9,10). The molecule has 1 aromatic rings. The van der Waals surface area contributed by atoms with Crippen molar-refractivity contribution < 1.29 is 9.90 Å². The van der Waals surface area contributed by atoms with Crippen molar-refractivity contribution in [3.63, 3.8) is 0 Å². The quantitative estimate of drug-likeness (QED) is 0.504. The number of carboxylic acids is 1. The van der Waals surface area contributed by atoms with Gasteiger partial charge in [-0.15, -0.1) is 0 Å². The summed E-state index contributed by atoms with van der Waals surface area (Å²) in [6.07, 6.45) is 4.18. The number of aliphatic imine (C=N–C) groups is 2. The van der Waals surface area contributed by atoms with Gasteiger partial charge in [0.25, 0.3) is 0 Å². The largest absolute Gasteiger partial charge is 0.478 e. The average molecular weight is 410 g/mol. The molecule has 7 nitrogen and oxygen atoms in total. The lowest BCUT2D eigenvalue weighted by Gasteiger charge is -2.06. The number of nitrogens with two attached hydrogens (primary N) is 3. The molecule has 2 aliphatic rings. The molecule has 0 fully saturated rings. The molecule has 27 heavy (non-hydrogen) atoms. The van der Waals surface area contributed by atoms with Gasteiger partial charge >= 0.3 is 5.97 Å². The maximum Gasteiger partial charge on any atom is 0.335 e. The van der Waals surface area contributed by atoms with Crippen molar-refractivity contribution in [1.82, 2.24) is 0 Å². The number of thioether (sulfide) groups is 2. The molecule has 0 saturated carbocycles. The van der Waals surface area contributed by atoms with Crippen molar-refractivity contribution >= 4 is 39.8 Å². The summed E-state index contributed by atoms with van der Waals surface area (Å²) < 4.78 is 0. The first-order valence-corrected chi connectivity index (χ1v) is 10.9. The van der Waals surface area contributed by atoms with E-state index in [0.29, 0.717) is 16.8 Å². The molecule has 0 radical (unpaired) electrons. The number of benzene rings is 1. The molecule has 1 aromatic carbocycles. The Morgan fingerprint density at radius 2 is 1.78 bits per heavy atom. The van der Waals surface area contributed by atoms with Crippen LogP contribution in [0, 0.1) is 0 Å². The third kappa shape index (κ3) is 7.82. The van der Waals surface area contributed by atoms with E-state index < -0.39 is 5.97 Å². The number of amidine groups is 2. The lowest BCUT2D eigenvalue weighted by molar-refractivity contribution is 0.0696. The van der Waals surface area contributed by atoms with Crippen LogP contribution in [0.2, 0.25) is 0 Å². The van der Waals surface area contributed by atoms with Crippen molar-refractivity contribution in [1.29, 1.82) is 0 Å². The molecule has 2 aliphatic heterocycles. The van der Waals surface area contributed by atoms with Crippen LogP contribution in [0.3, 0.4) is 0 Å². The van der Waals surface area contributed by atoms with Crippen LogP contribution in [-0.2, 0) is 6.42 Å². The van der Waals surface area contributed by atoms with Crippen LogP contribution < -0.4 is 17.2 Å². The van der Waals surface area contributed by atoms with Gasteiger partial charge in [0.15, 0.2) is 10.3 Å². The van der Waals surface area contributed by atoms with Crippen molar-refractivity contribution in [3.8, 4) is 0 Å². The lowest BCUT2D eigenvalue weighted by Crippen LogP contribution is -2.09. The number of aromatic carboxylic acids is 1. The first kappa shape index (κ1) is 21.6. The zero-order chi connectivity index (χ0) is 19.6. The molecule has 0 amide bonds. The summed E-state index contributed by atoms with van der Waals surface area (Å²) in [5.41, 5.74) is 17.8. The summed E-state index contributed by atoms with van der Waals surface area (Å²) in [5.74, 6) is 1.05. The molecular weight excluding hydrogens is 382 g/mol. The van der Waals surface area contributed by atoms with E-state index in [1.165, 1.54) is 6.42 Å². The van der Waals surface area contributed by atoms with E-state index in [1.807, 2.05) is 6.07 Å². The van der Waals surface area contributed by atoms with Crippen LogP contribution in [0.15, 0.2) is 34.3 Å². The number of hydrogen-bond acceptors (Lipinski definition) is 8. The van der Waals surface area contributed by atoms with Gasteiger partial charge in [-0.2, -0.15) is 0 Å². The van der Waals surface area contributed by atoms with Crippen LogP contribution in [0.1, 0.15) is 35.2 Å². The van der Waals surface area contributed by atoms with Crippen molar-refractivity contribution in [3.05, 3.63) is 35.4 Å². The number of nitrogens with zero attached hydrogens (tertiary/aromatic N) is 2. The minimum Gasteiger partial charge on any atom is -0.478 e. The molecular formula is C18H27N5O2S2. The molecule has 148 valence electrons. The predicted octanol–water partition coefficient (Wildman–Crippen LogP) is 1.90. The fraction of sp³-hybridized carbons (Fsp3) is 0.500. The molecule has 3 rings (SSSR count). The zero-order valence-electron chi connectivity index (χ0n) is 15.2. The highest BCUT2D eigenvalue weighted by Gasteiger charge is 2.17. The van der Waals surface area contributed by atoms with Gasteiger partial charge in [-0.3, -0.25) is 9.98 Å². The second kappa shape index (κ2) is 11.2. The van der Waals surface area contributed by atoms with Gasteiger partial charge in [0, 0.05) is 11.5 Å². The van der Waals surface area contributed by atoms with E-state index in [9.17, 15) is 4.79 Å². The molecule has 0 spiro atoms. The Morgan fingerprint density at radius 3 is 2.33 bits per heavy atom. The molecule has 0 aromatic heterocycles. The maximum absolute atomic E-state index is 10.8. The van der Waals surface area contributed by atoms with Crippen LogP contribution in [-0.4, -0.2) is 51.5 Å². The van der Waals surface area contributed by atoms with Crippen LogP contribution >= 0.6 is 23.5 Å². The van der Waals surface area contributed by atoms with E-state index >= 15 is 0 Å². The molecule has 9 heteroatoms. The third-order valence-electron chi connectivity index (χ3n) is 4.10. The van der Waals surface area contributed by atoms with Crippen LogP contribution in [0.4, 0.5) is 0 Å². The van der Waals surface area contributed by atoms with E-state index in [1.54, 1.807) is 41.7 Å². The number of carbonyl (C=O) groups is 1. The van der Waals surface area contributed by atoms with E-state index in [4.69, 9.17) is 22.3 Å². The topological polar surface area (TPSA) is 140 Å². The fourth-order valence-electron chi connectivity index (χ4n) is 2.75. The molecule has 7 N–H and O–H groups in total. The smallest absolute Gasteiger partial charge is 0.335 e. The van der Waals surface area contributed by atoms with Crippen molar-refractivity contribution in [2.75, 3.05) is 18.1 Å². The van der Waals surface area contributed by atoms with E-state index in [0.717, 1.165) is 48.0 Å². The summed E-state index contributed by atoms with van der Waals surface area (Å²) in [5, 5.41) is 10.2. The second-order valence-electron chi connectivity index (χ2n) is 6.36. The third-order valence-corrected chi connectivity index (χ3v) is 6.01. The van der Waals surface area contributed by atoms with Crippen LogP contribution in [0.5, 0.6) is 0 Å². The Bertz CT molecular complexity index is 696. The molecule has 2 atom stereocenters. The van der Waals surface area contributed by atoms with Gasteiger partial charge in [-0.25, -0.2) is 4.79 Å². The first-order valence-electron chi connectivity index (χ1n) is 8.92. The van der Waals surface area contributed by atoms with Crippen LogP contribution in [0.25, 0.3) is 0 Å². The molecule has 0 bridgehead atoms. The fourth-order valence-corrected chi connectivity index (χ4v) is 4.36. The van der Waals surface area contributed by atoms with Crippen molar-refractivity contribution in [2.24, 2.45) is 27.2 Å². The number of hydrogen-bond donors (Lipinski definition) is 4. The molecule has 2 heterocycles. The Kier molecular flexibility index (Phi) is 8.96. The van der Waals surface area contributed by atoms with E-state index in [2.05, 4.69) is 9.98 Å². The number of rotatable bonds is 7. The first-order chi connectivity index (χ1) is 13.0. The zero-order valence-corrected chi connectivity index (χ0v) is 16.8. The Labute approximate surface area is 168 Å². The lowest BCUT2D eigenvalue weighted by atomic mass is 10.0. The molecule has 2 unspecified atom stereocenters. The van der Waals surface area contributed by atoms with Gasteiger partial charge in [-0.05, 0) is 43.5 Å². The normalized spacial score (nSPS) is 21.2. The summed E-state index contributed by atoms with van der Waals surface area (Å²) in [4.78, 5) is 19.3. The number of unbranched alkanes of at least 4 members (excludes halogenated alkanes) is 1. The monoisotopic (exact) mass is 409 g/mol. The summed E-state index contributed by atoms with van der Waals surface area (Å²) in [6, 6.07) is 7.60. The highest BCUT2D eigenvalue weighted by Crippen LogP contribution is 2.20. The number of carboxylic acid groups (broad SMARTS) is 1. The van der Waals surface area contributed by atoms with Gasteiger partial charge in [0.05, 0.1) is 17.6 Å². The summed E-state index contributed by atoms with van der Waals surface area (Å²) >= 11 is 3.21. The van der Waals surface area contributed by atoms with Gasteiger partial charge in [0.2, 0.25) is 0 Å². The maximum atomic E-state index is 10.8. The average Bonchev–Trinajstić information content (AvgIpc) is 3.24. The Morgan fingerprint density at radius 1 is 1.11 bits per heavy atom. The highest BCUT2D eigenvalue weighted by molar-refractivity contribution is 8.14. The molecule has 0 aliphatic carbocycles. The minimum atomic E-state index is -0.898. The SMILES string of the molecule is NC1=NC(Cc2cccc(C(=O)O)c2)CS1.NCCCCC1CSC(N)=N1. The minimum absolute atomic E-state index is 0.175. The summed E-state index contributed by atoms with van der Waals surface area (Å²) in [7, 11) is 0. The highest BCUT2D eigenvalue weighted by atomic mass is 32.2. The second-order valence-corrected chi connectivity index (χ2v) is 8.44. The molecule has 0 saturated heterocycles. The Hall–Kier alpha value is -1.71. The van der Waals surface area contributed by atoms with Gasteiger partial charge in [-0.1, -0.05) is 42.1 Å². The summed E-state index contributed by atoms with van der Waals surface area (Å²) in [6.45, 7) is 0.791. The van der Waals surface area contributed by atoms with E-state index in [-0.39, 0.29) is 6.04 Å². The van der Waals surface area contributed by atoms with Gasteiger partial charge in [0.1, 0.15) is 0 Å². The van der Waals surface area contributed by atoms with Gasteiger partial charge < -0.3 is 22.3 Å². The predicted molar refractivity (Wildman–Crippen MR) is 116 cm³/mol. The van der Waals surface area contributed by atoms with Crippen molar-refractivity contribution in [2.45, 2.75) is 37.8 Å².